The molecular formula is C13H19NO5S. The summed E-state index contributed by atoms with van der Waals surface area (Å²) in [7, 11) is -2.15. The number of methoxy groups -OCH3 is 1. The zero-order chi connectivity index (χ0) is 15.0. The van der Waals surface area contributed by atoms with Crippen LogP contribution >= 0.6 is 0 Å². The highest BCUT2D eigenvalue weighted by atomic mass is 32.2. The van der Waals surface area contributed by atoms with Crippen LogP contribution in [0.2, 0.25) is 0 Å². The van der Waals surface area contributed by atoms with Gasteiger partial charge >= 0.3 is 5.97 Å². The average Bonchev–Trinajstić information content (AvgIpc) is 2.39. The number of carboxylic acid groups (broad SMARTS) is 1. The van der Waals surface area contributed by atoms with Crippen molar-refractivity contribution in [3.8, 4) is 0 Å². The lowest BCUT2D eigenvalue weighted by Gasteiger charge is -2.14. The molecule has 7 heteroatoms. The maximum atomic E-state index is 11.8. The lowest BCUT2D eigenvalue weighted by atomic mass is 10.1. The Morgan fingerprint density at radius 3 is 2.55 bits per heavy atom. The molecule has 0 fully saturated rings. The van der Waals surface area contributed by atoms with E-state index in [-0.39, 0.29) is 12.2 Å². The molecule has 0 aliphatic rings. The van der Waals surface area contributed by atoms with Gasteiger partial charge in [-0.2, -0.15) is 0 Å². The molecule has 0 saturated carbocycles. The molecule has 0 unspecified atom stereocenters. The van der Waals surface area contributed by atoms with Crippen LogP contribution in [-0.2, 0) is 26.0 Å². The van der Waals surface area contributed by atoms with E-state index in [9.17, 15) is 13.2 Å². The number of sulfonamides is 1. The minimum absolute atomic E-state index is 0.111. The number of hydrogen-bond acceptors (Lipinski definition) is 4. The summed E-state index contributed by atoms with van der Waals surface area (Å²) in [5, 5.41) is 9.12. The molecule has 1 atom stereocenters. The number of ether oxygens (including phenoxy) is 1. The third kappa shape index (κ3) is 6.14. The van der Waals surface area contributed by atoms with Gasteiger partial charge in [0.2, 0.25) is 10.0 Å². The van der Waals surface area contributed by atoms with Gasteiger partial charge in [-0.15, -0.1) is 0 Å². The van der Waals surface area contributed by atoms with Gasteiger partial charge in [-0.1, -0.05) is 30.3 Å². The third-order valence-corrected chi connectivity index (χ3v) is 4.13. The Hall–Kier alpha value is -1.44. The molecule has 0 aliphatic heterocycles. The van der Waals surface area contributed by atoms with E-state index >= 15 is 0 Å². The highest BCUT2D eigenvalue weighted by molar-refractivity contribution is 7.89. The van der Waals surface area contributed by atoms with Gasteiger partial charge in [-0.25, -0.2) is 13.1 Å². The summed E-state index contributed by atoms with van der Waals surface area (Å²) >= 11 is 0. The highest BCUT2D eigenvalue weighted by Gasteiger charge is 2.23. The van der Waals surface area contributed by atoms with Crippen LogP contribution in [0.15, 0.2) is 30.3 Å². The summed E-state index contributed by atoms with van der Waals surface area (Å²) in [6.45, 7) is 0.317. The van der Waals surface area contributed by atoms with Crippen molar-refractivity contribution in [3.05, 3.63) is 35.9 Å². The lowest BCUT2D eigenvalue weighted by molar-refractivity contribution is -0.138. The molecule has 112 valence electrons. The van der Waals surface area contributed by atoms with Gasteiger partial charge < -0.3 is 9.84 Å². The van der Waals surface area contributed by atoms with Crippen molar-refractivity contribution >= 4 is 16.0 Å². The van der Waals surface area contributed by atoms with Crippen molar-refractivity contribution in [1.29, 1.82) is 0 Å². The van der Waals surface area contributed by atoms with Gasteiger partial charge in [0.1, 0.15) is 6.04 Å². The molecule has 0 spiro atoms. The van der Waals surface area contributed by atoms with Crippen molar-refractivity contribution in [2.45, 2.75) is 18.9 Å². The van der Waals surface area contributed by atoms with Crippen LogP contribution in [0, 0.1) is 0 Å². The Bertz CT molecular complexity index is 515. The maximum absolute atomic E-state index is 11.8. The van der Waals surface area contributed by atoms with Gasteiger partial charge in [-0.3, -0.25) is 4.79 Å². The number of rotatable bonds is 9. The number of carbonyl (C=O) groups is 1. The van der Waals surface area contributed by atoms with Crippen LogP contribution in [0.1, 0.15) is 12.0 Å². The fourth-order valence-electron chi connectivity index (χ4n) is 1.70. The van der Waals surface area contributed by atoms with Crippen LogP contribution in [0.5, 0.6) is 0 Å². The van der Waals surface area contributed by atoms with Crippen molar-refractivity contribution in [2.24, 2.45) is 0 Å². The summed E-state index contributed by atoms with van der Waals surface area (Å²) in [6.07, 6.45) is 0.434. The van der Waals surface area contributed by atoms with Crippen LogP contribution in [0.3, 0.4) is 0 Å². The molecule has 1 aromatic rings. The van der Waals surface area contributed by atoms with Crippen LogP contribution in [0.4, 0.5) is 0 Å². The first-order valence-electron chi connectivity index (χ1n) is 6.20. The SMILES string of the molecule is COCCCS(=O)(=O)N[C@@H](Cc1ccccc1)C(=O)O. The summed E-state index contributed by atoms with van der Waals surface area (Å²) in [4.78, 5) is 11.2. The molecular weight excluding hydrogens is 282 g/mol. The number of aliphatic carboxylic acids is 1. The zero-order valence-electron chi connectivity index (χ0n) is 11.3. The summed E-state index contributed by atoms with van der Waals surface area (Å²) in [6, 6.07) is 7.73. The number of hydrogen-bond donors (Lipinski definition) is 2. The molecule has 0 saturated heterocycles. The van der Waals surface area contributed by atoms with Gasteiger partial charge in [0, 0.05) is 13.7 Å². The highest BCUT2D eigenvalue weighted by Crippen LogP contribution is 2.05. The second kappa shape index (κ2) is 7.98. The van der Waals surface area contributed by atoms with Gasteiger partial charge in [-0.05, 0) is 18.4 Å². The summed E-state index contributed by atoms with van der Waals surface area (Å²) < 4.78 is 30.6. The molecule has 2 N–H and O–H groups in total. The van der Waals surface area contributed by atoms with Gasteiger partial charge in [0.25, 0.3) is 0 Å². The second-order valence-corrected chi connectivity index (χ2v) is 6.24. The minimum atomic E-state index is -3.63. The Labute approximate surface area is 118 Å². The molecule has 1 rings (SSSR count). The molecule has 6 nitrogen and oxygen atoms in total. The number of carboxylic acids is 1. The standard InChI is InChI=1S/C13H19NO5S/c1-19-8-5-9-20(17,18)14-12(13(15)16)10-11-6-3-2-4-7-11/h2-4,6-7,12,14H,5,8-10H2,1H3,(H,15,16)/t12-/m0/s1. The Kier molecular flexibility index (Phi) is 6.63. The molecule has 0 aliphatic carbocycles. The van der Waals surface area contributed by atoms with Gasteiger partial charge in [0.15, 0.2) is 0 Å². The predicted octanol–water partition coefficient (Wildman–Crippen LogP) is 0.638. The third-order valence-electron chi connectivity index (χ3n) is 2.66. The lowest BCUT2D eigenvalue weighted by Crippen LogP contribution is -2.43. The molecule has 0 radical (unpaired) electrons. The Morgan fingerprint density at radius 2 is 2.00 bits per heavy atom. The van der Waals surface area contributed by atoms with E-state index < -0.39 is 22.0 Å². The van der Waals surface area contributed by atoms with E-state index in [2.05, 4.69) is 4.72 Å². The van der Waals surface area contributed by atoms with Crippen molar-refractivity contribution in [1.82, 2.24) is 4.72 Å². The number of benzene rings is 1. The second-order valence-electron chi connectivity index (χ2n) is 4.36. The van der Waals surface area contributed by atoms with E-state index in [1.807, 2.05) is 6.07 Å². The van der Waals surface area contributed by atoms with E-state index in [0.717, 1.165) is 5.56 Å². The first-order chi connectivity index (χ1) is 9.44. The normalized spacial score (nSPS) is 13.1. The average molecular weight is 301 g/mol. The fourth-order valence-corrected chi connectivity index (χ4v) is 2.93. The smallest absolute Gasteiger partial charge is 0.322 e. The van der Waals surface area contributed by atoms with Crippen molar-refractivity contribution in [3.63, 3.8) is 0 Å². The van der Waals surface area contributed by atoms with E-state index in [0.29, 0.717) is 13.0 Å². The minimum Gasteiger partial charge on any atom is -0.480 e. The molecule has 0 amide bonds. The van der Waals surface area contributed by atoms with Crippen molar-refractivity contribution < 1.29 is 23.1 Å². The molecule has 20 heavy (non-hydrogen) atoms. The largest absolute Gasteiger partial charge is 0.480 e. The fraction of sp³-hybridized carbons (Fsp3) is 0.462. The molecule has 0 aromatic heterocycles. The van der Waals surface area contributed by atoms with E-state index in [1.165, 1.54) is 7.11 Å². The van der Waals surface area contributed by atoms with Gasteiger partial charge in [0.05, 0.1) is 5.75 Å². The van der Waals surface area contributed by atoms with Crippen LogP contribution < -0.4 is 4.72 Å². The molecule has 0 bridgehead atoms. The first-order valence-corrected chi connectivity index (χ1v) is 7.85. The topological polar surface area (TPSA) is 92.7 Å². The quantitative estimate of drug-likeness (QED) is 0.653. The zero-order valence-corrected chi connectivity index (χ0v) is 12.1. The Morgan fingerprint density at radius 1 is 1.35 bits per heavy atom. The molecule has 0 heterocycles. The maximum Gasteiger partial charge on any atom is 0.322 e. The Balaban J connectivity index is 2.65. The van der Waals surface area contributed by atoms with E-state index in [1.54, 1.807) is 24.3 Å². The van der Waals surface area contributed by atoms with Crippen LogP contribution in [-0.4, -0.2) is 45.0 Å². The first kappa shape index (κ1) is 16.6. The van der Waals surface area contributed by atoms with E-state index in [4.69, 9.17) is 9.84 Å². The monoisotopic (exact) mass is 301 g/mol. The summed E-state index contributed by atoms with van der Waals surface area (Å²) in [5.74, 6) is -1.34. The van der Waals surface area contributed by atoms with Crippen LogP contribution in [0.25, 0.3) is 0 Å². The summed E-state index contributed by atoms with van der Waals surface area (Å²) in [5.41, 5.74) is 0.763. The van der Waals surface area contributed by atoms with Crippen molar-refractivity contribution in [2.75, 3.05) is 19.5 Å². The predicted molar refractivity (Wildman–Crippen MR) is 75.0 cm³/mol. The molecule has 1 aromatic carbocycles. The number of nitrogens with one attached hydrogen (secondary N) is 1.